The highest BCUT2D eigenvalue weighted by atomic mass is 16.5. The Morgan fingerprint density at radius 3 is 2.64 bits per heavy atom. The number of aliphatic hydroxyl groups excluding tert-OH is 1. The number of furan rings is 1. The Kier molecular flexibility index (Phi) is 6.36. The third-order valence-corrected chi connectivity index (χ3v) is 5.78. The minimum absolute atomic E-state index is 0.00731. The van der Waals surface area contributed by atoms with E-state index in [-0.39, 0.29) is 17.9 Å². The lowest BCUT2D eigenvalue weighted by molar-refractivity contribution is -0.140. The van der Waals surface area contributed by atoms with Gasteiger partial charge >= 0.3 is 0 Å². The summed E-state index contributed by atoms with van der Waals surface area (Å²) in [4.78, 5) is 27.7. The quantitative estimate of drug-likeness (QED) is 0.303. The largest absolute Gasteiger partial charge is 0.507 e. The number of ether oxygens (including phenoxy) is 1. The van der Waals surface area contributed by atoms with Gasteiger partial charge in [0.15, 0.2) is 0 Å². The van der Waals surface area contributed by atoms with Gasteiger partial charge in [0.2, 0.25) is 0 Å². The Balaban J connectivity index is 1.80. The van der Waals surface area contributed by atoms with Gasteiger partial charge in [0.1, 0.15) is 23.3 Å². The Morgan fingerprint density at radius 2 is 1.91 bits per heavy atom. The fourth-order valence-corrected chi connectivity index (χ4v) is 4.05. The van der Waals surface area contributed by atoms with Gasteiger partial charge in [-0.3, -0.25) is 9.59 Å². The van der Waals surface area contributed by atoms with Crippen molar-refractivity contribution in [3.05, 3.63) is 94.4 Å². The van der Waals surface area contributed by atoms with Gasteiger partial charge in [0.25, 0.3) is 11.7 Å². The molecule has 1 aliphatic heterocycles. The van der Waals surface area contributed by atoms with Crippen molar-refractivity contribution in [3.8, 4) is 5.75 Å². The maximum absolute atomic E-state index is 13.2. The maximum Gasteiger partial charge on any atom is 0.296 e. The molecule has 0 aliphatic carbocycles. The molecule has 33 heavy (non-hydrogen) atoms. The molecule has 1 fully saturated rings. The van der Waals surface area contributed by atoms with Crippen LogP contribution in [0, 0.1) is 13.8 Å². The second kappa shape index (κ2) is 9.36. The molecule has 0 saturated carbocycles. The molecule has 4 rings (SSSR count). The molecule has 170 valence electrons. The van der Waals surface area contributed by atoms with E-state index in [4.69, 9.17) is 9.15 Å². The number of benzene rings is 2. The van der Waals surface area contributed by atoms with Crippen molar-refractivity contribution >= 4 is 17.4 Å². The number of Topliss-reactive ketones (excluding diaryl/α,β-unsaturated/α-hetero) is 1. The Hall–Kier alpha value is -3.80. The third-order valence-electron chi connectivity index (χ3n) is 5.78. The summed E-state index contributed by atoms with van der Waals surface area (Å²) in [7, 11) is 0. The second-order valence-electron chi connectivity index (χ2n) is 8.25. The standard InChI is InChI=1S/C27H27NO5/c1-4-12-32-21-8-5-7-19(15-21)25(29)23-24(22-9-6-13-33-22)28(27(31)26(23)30)16-20-14-17(2)10-11-18(20)3/h5-11,13-15,24,29H,4,12,16H2,1-3H3/b25-23-. The summed E-state index contributed by atoms with van der Waals surface area (Å²) in [6, 6.07) is 15.5. The molecule has 0 bridgehead atoms. The fraction of sp³-hybridized carbons (Fsp3) is 0.259. The monoisotopic (exact) mass is 445 g/mol. The molecular formula is C27H27NO5. The van der Waals surface area contributed by atoms with Crippen molar-refractivity contribution in [2.75, 3.05) is 6.61 Å². The molecule has 2 heterocycles. The molecule has 1 aromatic heterocycles. The third kappa shape index (κ3) is 4.42. The van der Waals surface area contributed by atoms with Crippen LogP contribution in [0.1, 0.15) is 47.4 Å². The maximum atomic E-state index is 13.2. The number of carbonyl (C=O) groups excluding carboxylic acids is 2. The predicted octanol–water partition coefficient (Wildman–Crippen LogP) is 5.31. The van der Waals surface area contributed by atoms with Crippen LogP contribution in [0.3, 0.4) is 0 Å². The Morgan fingerprint density at radius 1 is 1.09 bits per heavy atom. The van der Waals surface area contributed by atoms with Gasteiger partial charge in [0.05, 0.1) is 18.4 Å². The first kappa shape index (κ1) is 22.4. The number of aliphatic hydroxyl groups is 1. The number of amides is 1. The van der Waals surface area contributed by atoms with Crippen molar-refractivity contribution in [1.82, 2.24) is 4.90 Å². The molecule has 0 spiro atoms. The number of carbonyl (C=O) groups is 2. The van der Waals surface area contributed by atoms with Gasteiger partial charge in [-0.15, -0.1) is 0 Å². The molecule has 1 aliphatic rings. The summed E-state index contributed by atoms with van der Waals surface area (Å²) in [5.74, 6) is -0.656. The lowest BCUT2D eigenvalue weighted by Gasteiger charge is -2.24. The topological polar surface area (TPSA) is 80.0 Å². The van der Waals surface area contributed by atoms with Crippen LogP contribution in [0.2, 0.25) is 0 Å². The number of hydrogen-bond acceptors (Lipinski definition) is 5. The number of rotatable bonds is 7. The van der Waals surface area contributed by atoms with E-state index >= 15 is 0 Å². The summed E-state index contributed by atoms with van der Waals surface area (Å²) in [6.45, 7) is 6.71. The van der Waals surface area contributed by atoms with E-state index in [1.165, 1.54) is 11.2 Å². The van der Waals surface area contributed by atoms with E-state index in [9.17, 15) is 14.7 Å². The summed E-state index contributed by atoms with van der Waals surface area (Å²) >= 11 is 0. The SMILES string of the molecule is CCCOc1cccc(/C(O)=C2/C(=O)C(=O)N(Cc3cc(C)ccc3C)C2c2ccco2)c1. The van der Waals surface area contributed by atoms with Crippen LogP contribution in [0.5, 0.6) is 5.75 Å². The minimum Gasteiger partial charge on any atom is -0.507 e. The molecule has 6 nitrogen and oxygen atoms in total. The molecule has 1 atom stereocenters. The summed E-state index contributed by atoms with van der Waals surface area (Å²) < 4.78 is 11.3. The lowest BCUT2D eigenvalue weighted by Crippen LogP contribution is -2.29. The van der Waals surface area contributed by atoms with Gasteiger partial charge in [-0.05, 0) is 55.7 Å². The van der Waals surface area contributed by atoms with E-state index in [0.717, 1.165) is 23.1 Å². The molecule has 6 heteroatoms. The van der Waals surface area contributed by atoms with Crippen molar-refractivity contribution in [2.24, 2.45) is 0 Å². The van der Waals surface area contributed by atoms with Crippen molar-refractivity contribution in [2.45, 2.75) is 39.8 Å². The number of nitrogens with zero attached hydrogens (tertiary/aromatic N) is 1. The molecule has 1 unspecified atom stereocenters. The normalized spacial score (nSPS) is 17.5. The average Bonchev–Trinajstić information content (AvgIpc) is 3.42. The van der Waals surface area contributed by atoms with Crippen LogP contribution < -0.4 is 4.74 Å². The highest BCUT2D eigenvalue weighted by Crippen LogP contribution is 2.41. The Labute approximate surface area is 193 Å². The average molecular weight is 446 g/mol. The van der Waals surface area contributed by atoms with Gasteiger partial charge < -0.3 is 19.2 Å². The van der Waals surface area contributed by atoms with Crippen molar-refractivity contribution < 1.29 is 23.8 Å². The van der Waals surface area contributed by atoms with Gasteiger partial charge in [-0.1, -0.05) is 42.8 Å². The van der Waals surface area contributed by atoms with E-state index in [0.29, 0.717) is 23.7 Å². The highest BCUT2D eigenvalue weighted by Gasteiger charge is 2.47. The van der Waals surface area contributed by atoms with E-state index < -0.39 is 17.7 Å². The van der Waals surface area contributed by atoms with Gasteiger partial charge in [-0.2, -0.15) is 0 Å². The molecule has 1 saturated heterocycles. The fourth-order valence-electron chi connectivity index (χ4n) is 4.05. The summed E-state index contributed by atoms with van der Waals surface area (Å²) in [6.07, 6.45) is 2.34. The van der Waals surface area contributed by atoms with Gasteiger partial charge in [0, 0.05) is 12.1 Å². The summed E-state index contributed by atoms with van der Waals surface area (Å²) in [5, 5.41) is 11.2. The predicted molar refractivity (Wildman–Crippen MR) is 125 cm³/mol. The van der Waals surface area contributed by atoms with E-state index in [2.05, 4.69) is 0 Å². The Bertz CT molecular complexity index is 1210. The zero-order chi connectivity index (χ0) is 23.5. The summed E-state index contributed by atoms with van der Waals surface area (Å²) in [5.41, 5.74) is 3.42. The van der Waals surface area contributed by atoms with Crippen LogP contribution in [-0.4, -0.2) is 28.3 Å². The van der Waals surface area contributed by atoms with Crippen molar-refractivity contribution in [3.63, 3.8) is 0 Å². The lowest BCUT2D eigenvalue weighted by atomic mass is 9.98. The van der Waals surface area contributed by atoms with Crippen LogP contribution >= 0.6 is 0 Å². The molecule has 3 aromatic rings. The minimum atomic E-state index is -0.833. The molecular weight excluding hydrogens is 418 g/mol. The molecule has 1 N–H and O–H groups in total. The first-order chi connectivity index (χ1) is 15.9. The number of ketones is 1. The number of likely N-dealkylation sites (tertiary alicyclic amines) is 1. The van der Waals surface area contributed by atoms with Crippen molar-refractivity contribution in [1.29, 1.82) is 0 Å². The zero-order valence-electron chi connectivity index (χ0n) is 19.0. The van der Waals surface area contributed by atoms with E-state index in [1.54, 1.807) is 36.4 Å². The zero-order valence-corrected chi connectivity index (χ0v) is 19.0. The van der Waals surface area contributed by atoms with Crippen LogP contribution in [-0.2, 0) is 16.1 Å². The first-order valence-corrected chi connectivity index (χ1v) is 11.0. The smallest absolute Gasteiger partial charge is 0.296 e. The van der Waals surface area contributed by atoms with Crippen LogP contribution in [0.4, 0.5) is 0 Å². The number of hydrogen-bond donors (Lipinski definition) is 1. The second-order valence-corrected chi connectivity index (χ2v) is 8.25. The molecule has 1 amide bonds. The van der Waals surface area contributed by atoms with E-state index in [1.807, 2.05) is 39.0 Å². The van der Waals surface area contributed by atoms with Crippen LogP contribution in [0.15, 0.2) is 70.9 Å². The molecule has 0 radical (unpaired) electrons. The first-order valence-electron chi connectivity index (χ1n) is 11.0. The highest BCUT2D eigenvalue weighted by molar-refractivity contribution is 6.46. The number of aryl methyl sites for hydroxylation is 2. The molecule has 2 aromatic carbocycles. The van der Waals surface area contributed by atoms with Crippen LogP contribution in [0.25, 0.3) is 5.76 Å². The van der Waals surface area contributed by atoms with Gasteiger partial charge in [-0.25, -0.2) is 0 Å².